The van der Waals surface area contributed by atoms with Crippen molar-refractivity contribution in [2.75, 3.05) is 5.32 Å². The number of hydrogen-bond acceptors (Lipinski definition) is 6. The lowest BCUT2D eigenvalue weighted by molar-refractivity contribution is 0.0691. The Kier molecular flexibility index (Phi) is 5.21. The van der Waals surface area contributed by atoms with E-state index < -0.39 is 5.97 Å². The fourth-order valence-corrected chi connectivity index (χ4v) is 3.86. The molecule has 0 bridgehead atoms. The minimum Gasteiger partial charge on any atom is -0.476 e. The quantitative estimate of drug-likeness (QED) is 0.442. The fraction of sp³-hybridized carbons (Fsp3) is 0.227. The smallest absolute Gasteiger partial charge is 0.356 e. The largest absolute Gasteiger partial charge is 0.476 e. The number of pyridine rings is 1. The van der Waals surface area contributed by atoms with Crippen molar-refractivity contribution in [3.8, 4) is 6.07 Å². The number of imidazole rings is 1. The van der Waals surface area contributed by atoms with Gasteiger partial charge < -0.3 is 10.4 Å². The zero-order chi connectivity index (χ0) is 22.3. The third-order valence-electron chi connectivity index (χ3n) is 5.08. The van der Waals surface area contributed by atoms with E-state index in [0.717, 1.165) is 27.9 Å². The molecule has 9 heteroatoms. The number of fused-ring (bicyclic) bond motifs is 3. The molecule has 3 aromatic heterocycles. The maximum absolute atomic E-state index is 11.6. The van der Waals surface area contributed by atoms with E-state index in [2.05, 4.69) is 21.4 Å². The van der Waals surface area contributed by atoms with Gasteiger partial charge in [-0.15, -0.1) is 0 Å². The number of nitrogens with zero attached hydrogens (tertiary/aromatic N) is 5. The number of carbonyl (C=O) groups is 1. The van der Waals surface area contributed by atoms with Crippen LogP contribution in [0.2, 0.25) is 5.15 Å². The van der Waals surface area contributed by atoms with Gasteiger partial charge in [0.1, 0.15) is 22.7 Å². The number of rotatable bonds is 5. The van der Waals surface area contributed by atoms with E-state index in [1.54, 1.807) is 18.3 Å². The number of nitrogens with one attached hydrogen (secondary N) is 1. The summed E-state index contributed by atoms with van der Waals surface area (Å²) >= 11 is 5.87. The monoisotopic (exact) mass is 434 g/mol. The Hall–Kier alpha value is -3.70. The molecule has 0 aliphatic rings. The summed E-state index contributed by atoms with van der Waals surface area (Å²) in [7, 11) is 0. The molecule has 0 radical (unpaired) electrons. The van der Waals surface area contributed by atoms with E-state index in [9.17, 15) is 15.2 Å². The second-order valence-corrected chi connectivity index (χ2v) is 7.65. The van der Waals surface area contributed by atoms with Gasteiger partial charge in [-0.1, -0.05) is 24.6 Å². The van der Waals surface area contributed by atoms with Gasteiger partial charge in [0, 0.05) is 23.6 Å². The summed E-state index contributed by atoms with van der Waals surface area (Å²) < 4.78 is 1.86. The van der Waals surface area contributed by atoms with Crippen LogP contribution in [0.25, 0.3) is 16.6 Å². The Bertz CT molecular complexity index is 1390. The minimum absolute atomic E-state index is 0.112. The van der Waals surface area contributed by atoms with Crippen LogP contribution in [0.3, 0.4) is 0 Å². The molecular weight excluding hydrogens is 416 g/mol. The molecular formula is C22H19ClN6O2. The molecule has 156 valence electrons. The average molecular weight is 435 g/mol. The van der Waals surface area contributed by atoms with Crippen LogP contribution in [0.4, 0.5) is 5.69 Å². The molecule has 1 aromatic carbocycles. The standard InChI is InChI=1S/C22H19ClN6O2/c1-4-18-28-19-14(12(3)25-16-5-6-17(23)27-20(16)22(30)31)7-11(2)8-15(19)21-26-13(9-24)10-29(18)21/h5-8,10,12,25H,4H2,1-3H3,(H,30,31)/t12-/m1/s1. The molecule has 0 fully saturated rings. The van der Waals surface area contributed by atoms with Crippen LogP contribution in [0, 0.1) is 18.3 Å². The highest BCUT2D eigenvalue weighted by atomic mass is 35.5. The number of benzene rings is 1. The molecule has 0 unspecified atom stereocenters. The van der Waals surface area contributed by atoms with Crippen LogP contribution in [-0.4, -0.2) is 30.4 Å². The number of hydrogen-bond donors (Lipinski definition) is 2. The average Bonchev–Trinajstić information content (AvgIpc) is 3.18. The van der Waals surface area contributed by atoms with Crippen molar-refractivity contribution in [3.63, 3.8) is 0 Å². The second kappa shape index (κ2) is 7.85. The summed E-state index contributed by atoms with van der Waals surface area (Å²) in [5, 5.41) is 23.0. The van der Waals surface area contributed by atoms with E-state index in [0.29, 0.717) is 23.4 Å². The van der Waals surface area contributed by atoms with Crippen LogP contribution in [0.5, 0.6) is 0 Å². The van der Waals surface area contributed by atoms with Crippen LogP contribution >= 0.6 is 11.6 Å². The van der Waals surface area contributed by atoms with Crippen LogP contribution < -0.4 is 5.32 Å². The van der Waals surface area contributed by atoms with Gasteiger partial charge >= 0.3 is 5.97 Å². The van der Waals surface area contributed by atoms with E-state index in [1.165, 1.54) is 0 Å². The molecule has 0 spiro atoms. The SMILES string of the molecule is CCc1nc2c([C@@H](C)Nc3ccc(Cl)nc3C(=O)O)cc(C)cc2c2nc(C#N)cn12. The van der Waals surface area contributed by atoms with Gasteiger partial charge in [0.2, 0.25) is 0 Å². The molecule has 2 N–H and O–H groups in total. The number of carboxylic acids is 1. The zero-order valence-corrected chi connectivity index (χ0v) is 17.9. The van der Waals surface area contributed by atoms with Crippen molar-refractivity contribution >= 4 is 39.8 Å². The highest BCUT2D eigenvalue weighted by Crippen LogP contribution is 2.31. The molecule has 0 saturated carbocycles. The fourth-order valence-electron chi connectivity index (χ4n) is 3.71. The van der Waals surface area contributed by atoms with Gasteiger partial charge in [-0.05, 0) is 37.6 Å². The van der Waals surface area contributed by atoms with Crippen LogP contribution in [0.1, 0.15) is 53.0 Å². The Morgan fingerprint density at radius 2 is 2.10 bits per heavy atom. The van der Waals surface area contributed by atoms with Gasteiger partial charge in [-0.2, -0.15) is 5.26 Å². The predicted molar refractivity (Wildman–Crippen MR) is 118 cm³/mol. The highest BCUT2D eigenvalue weighted by molar-refractivity contribution is 6.29. The number of aromatic carboxylic acids is 1. The first-order chi connectivity index (χ1) is 14.8. The third kappa shape index (κ3) is 3.64. The number of carboxylic acid groups (broad SMARTS) is 1. The summed E-state index contributed by atoms with van der Waals surface area (Å²) in [5.41, 5.74) is 3.87. The van der Waals surface area contributed by atoms with Gasteiger partial charge in [0.05, 0.1) is 17.2 Å². The molecule has 0 aliphatic carbocycles. The Labute approximate surface area is 183 Å². The lowest BCUT2D eigenvalue weighted by atomic mass is 10.0. The van der Waals surface area contributed by atoms with Gasteiger partial charge in [0.15, 0.2) is 11.4 Å². The van der Waals surface area contributed by atoms with Crippen molar-refractivity contribution in [1.82, 2.24) is 19.4 Å². The normalized spacial score (nSPS) is 12.1. The third-order valence-corrected chi connectivity index (χ3v) is 5.29. The lowest BCUT2D eigenvalue weighted by Gasteiger charge is -2.20. The van der Waals surface area contributed by atoms with E-state index in [4.69, 9.17) is 16.6 Å². The van der Waals surface area contributed by atoms with Gasteiger partial charge in [0.25, 0.3) is 0 Å². The molecule has 31 heavy (non-hydrogen) atoms. The molecule has 8 nitrogen and oxygen atoms in total. The lowest BCUT2D eigenvalue weighted by Crippen LogP contribution is -2.13. The number of halogens is 1. The summed E-state index contributed by atoms with van der Waals surface area (Å²) in [6.07, 6.45) is 2.36. The van der Waals surface area contributed by atoms with E-state index >= 15 is 0 Å². The molecule has 0 aliphatic heterocycles. The molecule has 0 saturated heterocycles. The van der Waals surface area contributed by atoms with Crippen molar-refractivity contribution < 1.29 is 9.90 Å². The van der Waals surface area contributed by atoms with Crippen molar-refractivity contribution in [1.29, 1.82) is 5.26 Å². The molecule has 0 amide bonds. The topological polar surface area (TPSA) is 116 Å². The van der Waals surface area contributed by atoms with Gasteiger partial charge in [-0.3, -0.25) is 4.40 Å². The number of aromatic nitrogens is 4. The highest BCUT2D eigenvalue weighted by Gasteiger charge is 2.20. The molecule has 4 rings (SSSR count). The van der Waals surface area contributed by atoms with Crippen LogP contribution in [0.15, 0.2) is 30.5 Å². The van der Waals surface area contributed by atoms with E-state index in [-0.39, 0.29) is 16.9 Å². The number of nitriles is 1. The summed E-state index contributed by atoms with van der Waals surface area (Å²) in [4.78, 5) is 24.9. The summed E-state index contributed by atoms with van der Waals surface area (Å²) in [6, 6.07) is 8.96. The van der Waals surface area contributed by atoms with Crippen LogP contribution in [-0.2, 0) is 6.42 Å². The Morgan fingerprint density at radius 1 is 1.32 bits per heavy atom. The zero-order valence-electron chi connectivity index (χ0n) is 17.1. The predicted octanol–water partition coefficient (Wildman–Crippen LogP) is 4.54. The first-order valence-corrected chi connectivity index (χ1v) is 10.1. The number of anilines is 1. The molecule has 1 atom stereocenters. The maximum Gasteiger partial charge on any atom is 0.356 e. The van der Waals surface area contributed by atoms with Gasteiger partial charge in [-0.25, -0.2) is 19.7 Å². The molecule has 3 heterocycles. The van der Waals surface area contributed by atoms with Crippen molar-refractivity contribution in [2.45, 2.75) is 33.2 Å². The Morgan fingerprint density at radius 3 is 2.77 bits per heavy atom. The molecule has 4 aromatic rings. The first-order valence-electron chi connectivity index (χ1n) is 9.71. The van der Waals surface area contributed by atoms with Crippen molar-refractivity contribution in [3.05, 3.63) is 64.0 Å². The summed E-state index contributed by atoms with van der Waals surface area (Å²) in [6.45, 7) is 5.90. The Balaban J connectivity index is 1.90. The van der Waals surface area contributed by atoms with E-state index in [1.807, 2.05) is 37.3 Å². The summed E-state index contributed by atoms with van der Waals surface area (Å²) in [5.74, 6) is -0.381. The first kappa shape index (κ1) is 20.6. The maximum atomic E-state index is 11.6. The second-order valence-electron chi connectivity index (χ2n) is 7.26. The number of aryl methyl sites for hydroxylation is 2. The minimum atomic E-state index is -1.17. The van der Waals surface area contributed by atoms with Crippen molar-refractivity contribution in [2.24, 2.45) is 0 Å².